The molecule has 132 valence electrons. The summed E-state index contributed by atoms with van der Waals surface area (Å²) < 4.78 is 5.35. The van der Waals surface area contributed by atoms with Gasteiger partial charge < -0.3 is 15.0 Å². The van der Waals surface area contributed by atoms with Gasteiger partial charge in [0.1, 0.15) is 5.75 Å². The van der Waals surface area contributed by atoms with Gasteiger partial charge in [0, 0.05) is 19.7 Å². The summed E-state index contributed by atoms with van der Waals surface area (Å²) in [6.45, 7) is 1.98. The fraction of sp³-hybridized carbons (Fsp3) is 0.300. The van der Waals surface area contributed by atoms with Gasteiger partial charge in [0.25, 0.3) is 5.91 Å². The fourth-order valence-corrected chi connectivity index (χ4v) is 2.66. The third-order valence-corrected chi connectivity index (χ3v) is 4.04. The van der Waals surface area contributed by atoms with Gasteiger partial charge >= 0.3 is 0 Å². The summed E-state index contributed by atoms with van der Waals surface area (Å²) in [5.41, 5.74) is 2.04. The first-order chi connectivity index (χ1) is 12.0. The van der Waals surface area contributed by atoms with Crippen LogP contribution in [-0.4, -0.2) is 37.9 Å². The van der Waals surface area contributed by atoms with Crippen LogP contribution >= 0.6 is 0 Å². The third-order valence-electron chi connectivity index (χ3n) is 4.04. The van der Waals surface area contributed by atoms with Crippen molar-refractivity contribution in [2.45, 2.75) is 19.3 Å². The summed E-state index contributed by atoms with van der Waals surface area (Å²) in [5.74, 6) is 0.00328. The summed E-state index contributed by atoms with van der Waals surface area (Å²) in [6, 6.07) is 14.7. The van der Waals surface area contributed by atoms with Crippen molar-refractivity contribution in [3.05, 3.63) is 59.7 Å². The molecule has 2 rings (SSSR count). The molecular weight excluding hydrogens is 316 g/mol. The number of hydrogen-bond donors (Lipinski definition) is 1. The zero-order valence-electron chi connectivity index (χ0n) is 15.1. The van der Waals surface area contributed by atoms with Crippen molar-refractivity contribution in [2.24, 2.45) is 0 Å². The van der Waals surface area contributed by atoms with E-state index in [0.717, 1.165) is 5.56 Å². The Balaban J connectivity index is 2.24. The van der Waals surface area contributed by atoms with E-state index in [1.54, 1.807) is 32.3 Å². The molecule has 0 spiro atoms. The highest BCUT2D eigenvalue weighted by molar-refractivity contribution is 5.99. The molecule has 2 aromatic carbocycles. The van der Waals surface area contributed by atoms with Crippen LogP contribution in [0.25, 0.3) is 0 Å². The Morgan fingerprint density at radius 3 is 2.36 bits per heavy atom. The van der Waals surface area contributed by atoms with Crippen LogP contribution in [0.1, 0.15) is 35.2 Å². The van der Waals surface area contributed by atoms with Gasteiger partial charge in [-0.2, -0.15) is 0 Å². The van der Waals surface area contributed by atoms with Crippen molar-refractivity contribution in [1.82, 2.24) is 4.90 Å². The number of methoxy groups -OCH3 is 1. The lowest BCUT2D eigenvalue weighted by atomic mass is 9.95. The van der Waals surface area contributed by atoms with Gasteiger partial charge in [-0.25, -0.2) is 0 Å². The minimum absolute atomic E-state index is 0.0984. The number of carbonyl (C=O) groups is 2. The first-order valence-electron chi connectivity index (χ1n) is 8.23. The van der Waals surface area contributed by atoms with Crippen molar-refractivity contribution >= 4 is 17.5 Å². The van der Waals surface area contributed by atoms with E-state index in [1.807, 2.05) is 37.3 Å². The standard InChI is InChI=1S/C20H24N2O3/c1-5-16(14-9-7-6-8-10-14)19(23)21-17-12-11-15(13-18(17)25-4)20(24)22(2)3/h6-13,16H,5H2,1-4H3,(H,21,23)/t16-/m0/s1. The number of rotatable bonds is 6. The number of nitrogens with zero attached hydrogens (tertiary/aromatic N) is 1. The second kappa shape index (κ2) is 8.33. The van der Waals surface area contributed by atoms with Crippen LogP contribution in [-0.2, 0) is 4.79 Å². The van der Waals surface area contributed by atoms with E-state index in [4.69, 9.17) is 4.74 Å². The molecule has 2 aromatic rings. The number of benzene rings is 2. The van der Waals surface area contributed by atoms with E-state index in [9.17, 15) is 9.59 Å². The van der Waals surface area contributed by atoms with E-state index in [0.29, 0.717) is 23.4 Å². The minimum atomic E-state index is -0.242. The van der Waals surface area contributed by atoms with E-state index >= 15 is 0 Å². The molecule has 1 atom stereocenters. The quantitative estimate of drug-likeness (QED) is 0.875. The van der Waals surface area contributed by atoms with E-state index in [-0.39, 0.29) is 17.7 Å². The van der Waals surface area contributed by atoms with Crippen molar-refractivity contribution in [1.29, 1.82) is 0 Å². The molecule has 25 heavy (non-hydrogen) atoms. The van der Waals surface area contributed by atoms with Crippen molar-refractivity contribution in [3.8, 4) is 5.75 Å². The minimum Gasteiger partial charge on any atom is -0.495 e. The van der Waals surface area contributed by atoms with Gasteiger partial charge in [-0.1, -0.05) is 37.3 Å². The Labute approximate surface area is 148 Å². The maximum absolute atomic E-state index is 12.7. The first kappa shape index (κ1) is 18.5. The molecule has 0 aromatic heterocycles. The van der Waals surface area contributed by atoms with Crippen LogP contribution in [0.5, 0.6) is 5.75 Å². The van der Waals surface area contributed by atoms with E-state index in [2.05, 4.69) is 5.32 Å². The van der Waals surface area contributed by atoms with Crippen molar-refractivity contribution < 1.29 is 14.3 Å². The molecule has 1 N–H and O–H groups in total. The van der Waals surface area contributed by atoms with Crippen LogP contribution < -0.4 is 10.1 Å². The molecule has 0 aliphatic rings. The molecule has 5 nitrogen and oxygen atoms in total. The second-order valence-electron chi connectivity index (χ2n) is 5.98. The Hall–Kier alpha value is -2.82. The molecule has 0 aliphatic carbocycles. The van der Waals surface area contributed by atoms with Crippen molar-refractivity contribution in [2.75, 3.05) is 26.5 Å². The molecular formula is C20H24N2O3. The molecule has 0 saturated heterocycles. The SMILES string of the molecule is CC[C@H](C(=O)Nc1ccc(C(=O)N(C)C)cc1OC)c1ccccc1. The van der Waals surface area contributed by atoms with Gasteiger partial charge in [-0.3, -0.25) is 9.59 Å². The zero-order chi connectivity index (χ0) is 18.4. The first-order valence-corrected chi connectivity index (χ1v) is 8.23. The molecule has 0 radical (unpaired) electrons. The number of ether oxygens (including phenoxy) is 1. The Kier molecular flexibility index (Phi) is 6.17. The van der Waals surface area contributed by atoms with Gasteiger partial charge in [0.2, 0.25) is 5.91 Å². The number of anilines is 1. The Morgan fingerprint density at radius 1 is 1.12 bits per heavy atom. The predicted molar refractivity (Wildman–Crippen MR) is 99.1 cm³/mol. The number of nitrogens with one attached hydrogen (secondary N) is 1. The molecule has 0 aliphatic heterocycles. The average molecular weight is 340 g/mol. The van der Waals surface area contributed by atoms with Crippen LogP contribution in [0, 0.1) is 0 Å². The molecule has 0 bridgehead atoms. The largest absolute Gasteiger partial charge is 0.495 e. The lowest BCUT2D eigenvalue weighted by Crippen LogP contribution is -2.23. The van der Waals surface area contributed by atoms with Crippen molar-refractivity contribution in [3.63, 3.8) is 0 Å². The molecule has 0 heterocycles. The smallest absolute Gasteiger partial charge is 0.253 e. The monoisotopic (exact) mass is 340 g/mol. The van der Waals surface area contributed by atoms with Crippen LogP contribution in [0.15, 0.2) is 48.5 Å². The number of hydrogen-bond acceptors (Lipinski definition) is 3. The topological polar surface area (TPSA) is 58.6 Å². The highest BCUT2D eigenvalue weighted by atomic mass is 16.5. The van der Waals surface area contributed by atoms with Gasteiger partial charge in [0.15, 0.2) is 0 Å². The summed E-state index contributed by atoms with van der Waals surface area (Å²) in [6.07, 6.45) is 0.690. The molecule has 0 saturated carbocycles. The molecule has 0 unspecified atom stereocenters. The lowest BCUT2D eigenvalue weighted by Gasteiger charge is -2.18. The Bertz CT molecular complexity index is 742. The van der Waals surface area contributed by atoms with Gasteiger partial charge in [0.05, 0.1) is 18.7 Å². The summed E-state index contributed by atoms with van der Waals surface area (Å²) >= 11 is 0. The zero-order valence-corrected chi connectivity index (χ0v) is 15.1. The summed E-state index contributed by atoms with van der Waals surface area (Å²) in [7, 11) is 4.90. The van der Waals surface area contributed by atoms with Gasteiger partial charge in [-0.15, -0.1) is 0 Å². The highest BCUT2D eigenvalue weighted by Crippen LogP contribution is 2.28. The maximum Gasteiger partial charge on any atom is 0.253 e. The average Bonchev–Trinajstić information content (AvgIpc) is 2.62. The predicted octanol–water partition coefficient (Wildman–Crippen LogP) is 3.53. The van der Waals surface area contributed by atoms with Gasteiger partial charge in [-0.05, 0) is 30.2 Å². The lowest BCUT2D eigenvalue weighted by molar-refractivity contribution is -0.117. The Morgan fingerprint density at radius 2 is 1.80 bits per heavy atom. The molecule has 0 fully saturated rings. The highest BCUT2D eigenvalue weighted by Gasteiger charge is 2.20. The normalized spacial score (nSPS) is 11.5. The van der Waals surface area contributed by atoms with Crippen LogP contribution in [0.2, 0.25) is 0 Å². The molecule has 2 amide bonds. The van der Waals surface area contributed by atoms with E-state index in [1.165, 1.54) is 12.0 Å². The van der Waals surface area contributed by atoms with E-state index < -0.39 is 0 Å². The second-order valence-corrected chi connectivity index (χ2v) is 5.98. The molecule has 5 heteroatoms. The summed E-state index contributed by atoms with van der Waals surface area (Å²) in [4.78, 5) is 26.3. The maximum atomic E-state index is 12.7. The van der Waals surface area contributed by atoms with Crippen LogP contribution in [0.4, 0.5) is 5.69 Å². The summed E-state index contributed by atoms with van der Waals surface area (Å²) in [5, 5.41) is 2.92. The number of amides is 2. The fourth-order valence-electron chi connectivity index (χ4n) is 2.66. The number of carbonyl (C=O) groups excluding carboxylic acids is 2. The third kappa shape index (κ3) is 4.38. The van der Waals surface area contributed by atoms with Crippen LogP contribution in [0.3, 0.4) is 0 Å².